The minimum Gasteiger partial charge on any atom is -0.335 e. The molecule has 1 saturated heterocycles. The third-order valence-corrected chi connectivity index (χ3v) is 4.07. The maximum atomic E-state index is 13.5. The predicted octanol–water partition coefficient (Wildman–Crippen LogP) is 1.95. The molecule has 1 amide bonds. The molecular weight excluding hydrogens is 295 g/mol. The Labute approximate surface area is 116 Å². The summed E-state index contributed by atoms with van der Waals surface area (Å²) in [4.78, 5) is 12.9. The summed E-state index contributed by atoms with van der Waals surface area (Å²) >= 11 is 0. The van der Waals surface area contributed by atoms with Crippen LogP contribution in [0.5, 0.6) is 0 Å². The highest BCUT2D eigenvalue weighted by Crippen LogP contribution is 2.43. The number of nitrogens with zero attached hydrogens (tertiary/aromatic N) is 1. The van der Waals surface area contributed by atoms with E-state index in [4.69, 9.17) is 5.73 Å². The van der Waals surface area contributed by atoms with Crippen molar-refractivity contribution in [3.8, 4) is 0 Å². The van der Waals surface area contributed by atoms with E-state index in [9.17, 15) is 26.7 Å². The van der Waals surface area contributed by atoms with Crippen molar-refractivity contribution >= 4 is 5.91 Å². The molecular formula is C13H11F5N2O. The van der Waals surface area contributed by atoms with E-state index in [1.165, 1.54) is 0 Å². The number of nitrogens with two attached hydrogens (primary N) is 1. The lowest BCUT2D eigenvalue weighted by Gasteiger charge is -2.48. The fourth-order valence-corrected chi connectivity index (χ4v) is 2.68. The molecule has 3 rings (SSSR count). The second kappa shape index (κ2) is 4.40. The van der Waals surface area contributed by atoms with E-state index in [-0.39, 0.29) is 19.0 Å². The Kier molecular flexibility index (Phi) is 2.98. The van der Waals surface area contributed by atoms with Gasteiger partial charge in [-0.15, -0.1) is 0 Å². The monoisotopic (exact) mass is 306 g/mol. The van der Waals surface area contributed by atoms with Crippen LogP contribution in [0.4, 0.5) is 22.0 Å². The summed E-state index contributed by atoms with van der Waals surface area (Å²) in [6.45, 7) is 0.103. The van der Waals surface area contributed by atoms with Gasteiger partial charge in [0.1, 0.15) is 5.56 Å². The number of carbonyl (C=O) groups excluding carboxylic acids is 1. The van der Waals surface area contributed by atoms with Crippen molar-refractivity contribution in [2.24, 2.45) is 11.7 Å². The van der Waals surface area contributed by atoms with Crippen LogP contribution in [0.15, 0.2) is 0 Å². The molecule has 0 atom stereocenters. The summed E-state index contributed by atoms with van der Waals surface area (Å²) in [6.07, 6.45) is 1.84. The summed E-state index contributed by atoms with van der Waals surface area (Å²) in [5.74, 6) is -11.7. The Hall–Kier alpha value is -1.70. The largest absolute Gasteiger partial charge is 0.335 e. The van der Waals surface area contributed by atoms with Gasteiger partial charge >= 0.3 is 0 Å². The molecule has 21 heavy (non-hydrogen) atoms. The van der Waals surface area contributed by atoms with Crippen molar-refractivity contribution in [1.29, 1.82) is 0 Å². The Morgan fingerprint density at radius 2 is 1.38 bits per heavy atom. The second-order valence-electron chi connectivity index (χ2n) is 5.61. The Balaban J connectivity index is 1.89. The molecule has 1 aliphatic heterocycles. The number of rotatable bonds is 2. The second-order valence-corrected chi connectivity index (χ2v) is 5.61. The van der Waals surface area contributed by atoms with Crippen LogP contribution >= 0.6 is 0 Å². The number of hydrogen-bond acceptors (Lipinski definition) is 2. The van der Waals surface area contributed by atoms with Gasteiger partial charge in [-0.1, -0.05) is 0 Å². The molecule has 114 valence electrons. The number of benzene rings is 1. The average molecular weight is 306 g/mol. The predicted molar refractivity (Wildman–Crippen MR) is 61.8 cm³/mol. The highest BCUT2D eigenvalue weighted by atomic mass is 19.2. The van der Waals surface area contributed by atoms with E-state index >= 15 is 0 Å². The van der Waals surface area contributed by atoms with Gasteiger partial charge in [-0.2, -0.15) is 0 Å². The molecule has 1 heterocycles. The zero-order valence-electron chi connectivity index (χ0n) is 10.7. The fourth-order valence-electron chi connectivity index (χ4n) is 2.68. The molecule has 1 aliphatic carbocycles. The van der Waals surface area contributed by atoms with Crippen molar-refractivity contribution in [2.75, 3.05) is 13.1 Å². The van der Waals surface area contributed by atoms with Gasteiger partial charge in [0, 0.05) is 13.1 Å². The molecule has 1 aromatic carbocycles. The molecule has 0 unspecified atom stereocenters. The molecule has 2 fully saturated rings. The molecule has 0 spiro atoms. The zero-order chi connectivity index (χ0) is 15.5. The van der Waals surface area contributed by atoms with E-state index in [0.717, 1.165) is 17.7 Å². The van der Waals surface area contributed by atoms with Crippen LogP contribution in [0.3, 0.4) is 0 Å². The first-order chi connectivity index (χ1) is 9.76. The van der Waals surface area contributed by atoms with Gasteiger partial charge in [-0.25, -0.2) is 22.0 Å². The molecule has 2 aliphatic rings. The van der Waals surface area contributed by atoms with Gasteiger partial charge in [0.15, 0.2) is 23.3 Å². The quantitative estimate of drug-likeness (QED) is 0.516. The molecule has 0 aromatic heterocycles. The number of carbonyl (C=O) groups is 1. The minimum absolute atomic E-state index is 0.0516. The Morgan fingerprint density at radius 3 is 1.81 bits per heavy atom. The van der Waals surface area contributed by atoms with Crippen LogP contribution in [0.25, 0.3) is 0 Å². The lowest BCUT2D eigenvalue weighted by atomic mass is 9.85. The topological polar surface area (TPSA) is 46.3 Å². The highest BCUT2D eigenvalue weighted by molar-refractivity contribution is 5.95. The number of amides is 1. The van der Waals surface area contributed by atoms with E-state index in [2.05, 4.69) is 0 Å². The summed E-state index contributed by atoms with van der Waals surface area (Å²) in [5.41, 5.74) is 3.95. The lowest BCUT2D eigenvalue weighted by Crippen LogP contribution is -2.70. The van der Waals surface area contributed by atoms with Gasteiger partial charge in [-0.05, 0) is 18.8 Å². The van der Waals surface area contributed by atoms with Crippen molar-refractivity contribution in [2.45, 2.75) is 18.4 Å². The highest BCUT2D eigenvalue weighted by Gasteiger charge is 2.52. The molecule has 1 aromatic rings. The van der Waals surface area contributed by atoms with Crippen LogP contribution < -0.4 is 5.73 Å². The van der Waals surface area contributed by atoms with Gasteiger partial charge in [0.05, 0.1) is 5.54 Å². The van der Waals surface area contributed by atoms with E-state index in [0.29, 0.717) is 0 Å². The number of likely N-dealkylation sites (tertiary alicyclic amines) is 1. The Bertz CT molecular complexity index is 609. The van der Waals surface area contributed by atoms with Crippen molar-refractivity contribution in [1.82, 2.24) is 4.90 Å². The van der Waals surface area contributed by atoms with Crippen molar-refractivity contribution in [3.63, 3.8) is 0 Å². The van der Waals surface area contributed by atoms with Gasteiger partial charge in [-0.3, -0.25) is 4.79 Å². The van der Waals surface area contributed by atoms with Crippen LogP contribution in [0.1, 0.15) is 23.2 Å². The molecule has 3 nitrogen and oxygen atoms in total. The van der Waals surface area contributed by atoms with Crippen LogP contribution in [-0.4, -0.2) is 29.4 Å². The summed E-state index contributed by atoms with van der Waals surface area (Å²) in [5, 5.41) is 0. The van der Waals surface area contributed by atoms with E-state index in [1.807, 2.05) is 0 Å². The van der Waals surface area contributed by atoms with E-state index in [1.54, 1.807) is 0 Å². The van der Waals surface area contributed by atoms with Crippen LogP contribution in [0.2, 0.25) is 0 Å². The maximum Gasteiger partial charge on any atom is 0.260 e. The first-order valence-corrected chi connectivity index (χ1v) is 6.36. The van der Waals surface area contributed by atoms with Gasteiger partial charge in [0.2, 0.25) is 5.82 Å². The molecule has 1 saturated carbocycles. The first kappa shape index (κ1) is 14.2. The smallest absolute Gasteiger partial charge is 0.260 e. The number of hydrogen-bond donors (Lipinski definition) is 1. The SMILES string of the molecule is NC1(C2CC2)CN(C(=O)c2c(F)c(F)c(F)c(F)c2F)C1. The van der Waals surface area contributed by atoms with Gasteiger partial charge < -0.3 is 10.6 Å². The summed E-state index contributed by atoms with van der Waals surface area (Å²) < 4.78 is 66.2. The Morgan fingerprint density at radius 1 is 0.952 bits per heavy atom. The molecule has 8 heteroatoms. The maximum absolute atomic E-state index is 13.5. The van der Waals surface area contributed by atoms with E-state index < -0.39 is 46.1 Å². The third-order valence-electron chi connectivity index (χ3n) is 4.07. The summed E-state index contributed by atoms with van der Waals surface area (Å²) in [6, 6.07) is 0. The third kappa shape index (κ3) is 2.00. The molecule has 2 N–H and O–H groups in total. The molecule has 0 radical (unpaired) electrons. The number of halogens is 5. The lowest BCUT2D eigenvalue weighted by molar-refractivity contribution is 0.0338. The van der Waals surface area contributed by atoms with Crippen LogP contribution in [0, 0.1) is 35.0 Å². The van der Waals surface area contributed by atoms with Crippen LogP contribution in [-0.2, 0) is 0 Å². The minimum atomic E-state index is -2.28. The van der Waals surface area contributed by atoms with Gasteiger partial charge in [0.25, 0.3) is 5.91 Å². The first-order valence-electron chi connectivity index (χ1n) is 6.36. The standard InChI is InChI=1S/C13H11F5N2O/c14-7-6(8(15)10(17)11(18)9(7)16)12(21)20-3-13(19,4-20)5-1-2-5/h5H,1-4,19H2. The normalized spacial score (nSPS) is 20.4. The van der Waals surface area contributed by atoms with Crippen molar-refractivity contribution < 1.29 is 26.7 Å². The zero-order valence-corrected chi connectivity index (χ0v) is 10.7. The fraction of sp³-hybridized carbons (Fsp3) is 0.462. The molecule has 0 bridgehead atoms. The van der Waals surface area contributed by atoms with Crippen molar-refractivity contribution in [3.05, 3.63) is 34.6 Å². The summed E-state index contributed by atoms with van der Waals surface area (Å²) in [7, 11) is 0. The average Bonchev–Trinajstić information content (AvgIpc) is 3.24.